The normalized spacial score (nSPS) is 21.0. The van der Waals surface area contributed by atoms with E-state index in [0.717, 1.165) is 11.1 Å². The molecule has 2 saturated heterocycles. The SMILES string of the molecule is CC1CN(C(=O)C(NC(=O)C(NC(=O)C2CC(O[Si](C)(C)C(C)(C)C)CN2C(=O)C(NC(=O)OCc2ccccc2)C(C)O[Si](C)(C)C(C)(C)C)C(Cc2ccc(O[Si](C)(C)C(C)(C)C)cc2)O[Si](C)(C)C(C)(C)C)C(C)O[Si](C)(C)C(C)(C)C)C(C(N)=O)C1O[Si](C)(C)C(C)(C)C. The minimum absolute atomic E-state index is 0.0305. The predicted octanol–water partition coefficient (Wildman–Crippen LogP) is 14.8. The molecule has 558 valence electrons. The molecule has 25 heteroatoms. The summed E-state index contributed by atoms with van der Waals surface area (Å²) in [7, 11) is -15.8. The molecule has 0 saturated carbocycles. The zero-order valence-electron chi connectivity index (χ0n) is 66.9. The van der Waals surface area contributed by atoms with Crippen LogP contribution in [0.3, 0.4) is 0 Å². The number of hydrogen-bond acceptors (Lipinski definition) is 13. The van der Waals surface area contributed by atoms with Crippen LogP contribution < -0.4 is 26.1 Å². The first-order valence-electron chi connectivity index (χ1n) is 35.6. The number of nitrogens with two attached hydrogens (primary N) is 1. The third kappa shape index (κ3) is 21.8. The number of ether oxygens (including phenoxy) is 1. The third-order valence-corrected chi connectivity index (χ3v) is 50.2. The van der Waals surface area contributed by atoms with Gasteiger partial charge in [0.1, 0.15) is 42.6 Å². The number of likely N-dealkylation sites (tertiary alicyclic amines) is 2. The first-order chi connectivity index (χ1) is 44.0. The molecule has 2 aliphatic rings. The number of nitrogens with one attached hydrogen (secondary N) is 3. The number of rotatable bonds is 27. The Morgan fingerprint density at radius 2 is 0.939 bits per heavy atom. The highest BCUT2D eigenvalue weighted by molar-refractivity contribution is 6.76. The van der Waals surface area contributed by atoms with E-state index in [-0.39, 0.29) is 63.6 Å². The summed E-state index contributed by atoms with van der Waals surface area (Å²) >= 11 is 0. The van der Waals surface area contributed by atoms with Crippen molar-refractivity contribution < 1.29 is 60.1 Å². The van der Waals surface area contributed by atoms with Crippen LogP contribution in [-0.4, -0.2) is 169 Å². The van der Waals surface area contributed by atoms with Crippen molar-refractivity contribution in [3.8, 4) is 5.75 Å². The second-order valence-electron chi connectivity index (χ2n) is 37.4. The highest BCUT2D eigenvalue weighted by Crippen LogP contribution is 2.45. The first-order valence-corrected chi connectivity index (χ1v) is 53.1. The Balaban J connectivity index is 2.08. The van der Waals surface area contributed by atoms with Crippen molar-refractivity contribution in [3.05, 3.63) is 65.7 Å². The Morgan fingerprint density at radius 1 is 0.510 bits per heavy atom. The summed E-state index contributed by atoms with van der Waals surface area (Å²) in [5.74, 6) is -3.02. The second kappa shape index (κ2) is 31.5. The Morgan fingerprint density at radius 3 is 1.39 bits per heavy atom. The highest BCUT2D eigenvalue weighted by Gasteiger charge is 2.55. The van der Waals surface area contributed by atoms with Crippen LogP contribution in [0.15, 0.2) is 54.6 Å². The topological polar surface area (TPSA) is 236 Å². The van der Waals surface area contributed by atoms with Gasteiger partial charge < -0.3 is 62.8 Å². The third-order valence-electron chi connectivity index (χ3n) is 23.2. The van der Waals surface area contributed by atoms with Crippen molar-refractivity contribution >= 4 is 85.5 Å². The van der Waals surface area contributed by atoms with Gasteiger partial charge in [0.2, 0.25) is 37.9 Å². The van der Waals surface area contributed by atoms with Crippen molar-refractivity contribution in [1.29, 1.82) is 0 Å². The lowest BCUT2D eigenvalue weighted by atomic mass is 9.99. The van der Waals surface area contributed by atoms with Crippen molar-refractivity contribution in [3.63, 3.8) is 0 Å². The summed E-state index contributed by atoms with van der Waals surface area (Å²) in [5, 5.41) is 7.65. The van der Waals surface area contributed by atoms with Crippen LogP contribution in [0.1, 0.15) is 163 Å². The van der Waals surface area contributed by atoms with Gasteiger partial charge in [-0.1, -0.05) is 174 Å². The molecule has 2 aliphatic heterocycles. The van der Waals surface area contributed by atoms with E-state index in [1.54, 1.807) is 13.8 Å². The molecule has 0 spiro atoms. The van der Waals surface area contributed by atoms with Crippen molar-refractivity contribution in [2.24, 2.45) is 11.7 Å². The maximum Gasteiger partial charge on any atom is 0.408 e. The molecular formula is C73H134N6O13Si6. The lowest BCUT2D eigenvalue weighted by molar-refractivity contribution is -0.145. The highest BCUT2D eigenvalue weighted by atomic mass is 28.4. The van der Waals surface area contributed by atoms with Gasteiger partial charge in [-0.25, -0.2) is 4.79 Å². The van der Waals surface area contributed by atoms with Gasteiger partial charge in [0.05, 0.1) is 30.5 Å². The monoisotopic (exact) mass is 1470 g/mol. The molecule has 0 bridgehead atoms. The molecule has 2 fully saturated rings. The van der Waals surface area contributed by atoms with Crippen LogP contribution in [0.25, 0.3) is 0 Å². The summed E-state index contributed by atoms with van der Waals surface area (Å²) in [6.45, 7) is 68.8. The fourth-order valence-electron chi connectivity index (χ4n) is 10.6. The van der Waals surface area contributed by atoms with Crippen molar-refractivity contribution in [2.45, 2.75) is 334 Å². The number of carbonyl (C=O) groups excluding carboxylic acids is 6. The van der Waals surface area contributed by atoms with E-state index in [1.807, 2.05) is 61.5 Å². The van der Waals surface area contributed by atoms with Crippen LogP contribution in [-0.2, 0) is 63.9 Å². The first kappa shape index (κ1) is 86.4. The molecule has 2 heterocycles. The van der Waals surface area contributed by atoms with E-state index in [0.29, 0.717) is 5.75 Å². The van der Waals surface area contributed by atoms with Crippen LogP contribution in [0.4, 0.5) is 4.79 Å². The molecule has 19 nitrogen and oxygen atoms in total. The number of carbonyl (C=O) groups is 6. The van der Waals surface area contributed by atoms with Crippen LogP contribution >= 0.6 is 0 Å². The van der Waals surface area contributed by atoms with Gasteiger partial charge in [0.15, 0.2) is 41.6 Å². The minimum atomic E-state index is -2.95. The molecule has 98 heavy (non-hydrogen) atoms. The van der Waals surface area contributed by atoms with E-state index in [2.05, 4.69) is 219 Å². The Labute approximate surface area is 598 Å². The average molecular weight is 1470 g/mol. The summed E-state index contributed by atoms with van der Waals surface area (Å²) < 4.78 is 48.2. The van der Waals surface area contributed by atoms with Crippen LogP contribution in [0.2, 0.25) is 109 Å². The Kier molecular flexibility index (Phi) is 27.8. The number of nitrogens with zero attached hydrogens (tertiary/aromatic N) is 2. The van der Waals surface area contributed by atoms with Crippen molar-refractivity contribution in [1.82, 2.24) is 25.8 Å². The molecular weight excluding hydrogens is 1340 g/mol. The maximum absolute atomic E-state index is 16.6. The largest absolute Gasteiger partial charge is 0.544 e. The Bertz CT molecular complexity index is 3050. The number of benzene rings is 2. The molecule has 0 aliphatic carbocycles. The van der Waals surface area contributed by atoms with Gasteiger partial charge in [0.25, 0.3) is 0 Å². The molecule has 11 atom stereocenters. The second-order valence-corrected chi connectivity index (χ2v) is 65.9. The van der Waals surface area contributed by atoms with E-state index < -0.39 is 151 Å². The standard InChI is InChI=1S/C73H134N6O13Si6/c1-48-45-79(60(62(74)80)61(48)92-98(32,33)73(19,20)21)66(84)57(49(2)87-93(22,23)68(4,5)6)75-64(82)59(56(91-97(30,31)72(16,17)18)43-51-39-41-53(42-40-51)89-95(26,27)70(10,11)12)76-63(81)55-44-54(90-96(28,29)71(13,14)15)46-78(55)65(83)58(50(3)88-94(24,25)69(7,8)9)77-67(85)86-47-52-37-35-34-36-38-52/h34-42,48-50,54-61H,43-47H2,1-33H3,(H2,74,80)(H,75,82)(H,76,81)(H,77,85). The summed E-state index contributed by atoms with van der Waals surface area (Å²) in [6.07, 6.45) is -5.13. The summed E-state index contributed by atoms with van der Waals surface area (Å²) in [4.78, 5) is 96.1. The van der Waals surface area contributed by atoms with Crippen molar-refractivity contribution in [2.75, 3.05) is 13.1 Å². The molecule has 0 aromatic heterocycles. The zero-order chi connectivity index (χ0) is 75.7. The molecule has 4 rings (SSSR count). The van der Waals surface area contributed by atoms with Gasteiger partial charge in [-0.05, 0) is 152 Å². The Hall–Kier alpha value is -4.04. The smallest absolute Gasteiger partial charge is 0.408 e. The number of alkyl carbamates (subject to hydrolysis) is 1. The van der Waals surface area contributed by atoms with Gasteiger partial charge in [-0.15, -0.1) is 0 Å². The lowest BCUT2D eigenvalue weighted by Gasteiger charge is -2.43. The number of hydrogen-bond donors (Lipinski definition) is 4. The summed E-state index contributed by atoms with van der Waals surface area (Å²) in [6, 6.07) is 10.2. The minimum Gasteiger partial charge on any atom is -0.544 e. The van der Waals surface area contributed by atoms with E-state index >= 15 is 19.2 Å². The van der Waals surface area contributed by atoms with Gasteiger partial charge in [0, 0.05) is 25.4 Å². The number of amides is 6. The molecule has 2 aromatic rings. The average Bonchev–Trinajstić information content (AvgIpc) is 1.58. The van der Waals surface area contributed by atoms with E-state index in [9.17, 15) is 9.59 Å². The number of primary amides is 1. The molecule has 6 amide bonds. The zero-order valence-corrected chi connectivity index (χ0v) is 72.9. The van der Waals surface area contributed by atoms with Gasteiger partial charge >= 0.3 is 6.09 Å². The molecule has 0 radical (unpaired) electrons. The van der Waals surface area contributed by atoms with Gasteiger partial charge in [-0.3, -0.25) is 24.0 Å². The van der Waals surface area contributed by atoms with Crippen LogP contribution in [0.5, 0.6) is 5.75 Å². The maximum atomic E-state index is 16.6. The molecule has 11 unspecified atom stereocenters. The van der Waals surface area contributed by atoms with E-state index in [4.69, 9.17) is 37.0 Å². The fourth-order valence-corrected chi connectivity index (χ4v) is 18.6. The fraction of sp³-hybridized carbons (Fsp3) is 0.753. The lowest BCUT2D eigenvalue weighted by Crippen LogP contribution is -2.65. The van der Waals surface area contributed by atoms with E-state index in [1.165, 1.54) is 9.80 Å². The summed E-state index contributed by atoms with van der Waals surface area (Å²) in [5.41, 5.74) is 7.88. The van der Waals surface area contributed by atoms with Gasteiger partial charge in [-0.2, -0.15) is 0 Å². The molecule has 5 N–H and O–H groups in total. The molecule has 2 aromatic carbocycles. The predicted molar refractivity (Wildman–Crippen MR) is 411 cm³/mol. The van der Waals surface area contributed by atoms with Crippen LogP contribution in [0, 0.1) is 5.92 Å². The quantitative estimate of drug-likeness (QED) is 0.0610.